The van der Waals surface area contributed by atoms with Gasteiger partial charge in [-0.2, -0.15) is 0 Å². The lowest BCUT2D eigenvalue weighted by Crippen LogP contribution is -2.45. The number of para-hydroxylation sites is 3. The van der Waals surface area contributed by atoms with Crippen molar-refractivity contribution in [1.29, 1.82) is 0 Å². The Morgan fingerprint density at radius 3 is 2.83 bits per heavy atom. The summed E-state index contributed by atoms with van der Waals surface area (Å²) in [4.78, 5) is 14.8. The molecule has 2 heterocycles. The summed E-state index contributed by atoms with van der Waals surface area (Å²) < 4.78 is 1.14. The zero-order valence-corrected chi connectivity index (χ0v) is 20.3. The van der Waals surface area contributed by atoms with Crippen molar-refractivity contribution in [3.8, 4) is 0 Å². The van der Waals surface area contributed by atoms with Crippen LogP contribution in [0.2, 0.25) is 0 Å². The number of H-pyrrole nitrogens is 1. The molecule has 1 unspecified atom stereocenters. The molecule has 4 rings (SSSR count). The molecule has 1 aliphatic rings. The van der Waals surface area contributed by atoms with E-state index in [1.54, 1.807) is 0 Å². The first-order chi connectivity index (χ1) is 13.7. The number of anilines is 1. The first-order valence-electron chi connectivity index (χ1n) is 9.63. The summed E-state index contributed by atoms with van der Waals surface area (Å²) in [6.45, 7) is 2.78. The Labute approximate surface area is 196 Å². The first kappa shape index (κ1) is 21.9. The molecular formula is C21H26BrIN6. The number of guanidine groups is 1. The highest BCUT2D eigenvalue weighted by Crippen LogP contribution is 2.28. The predicted molar refractivity (Wildman–Crippen MR) is 134 cm³/mol. The molecular weight excluding hydrogens is 543 g/mol. The number of benzene rings is 2. The molecule has 0 bridgehead atoms. The molecule has 1 saturated heterocycles. The number of aromatic amines is 1. The Morgan fingerprint density at radius 1 is 1.24 bits per heavy atom. The molecule has 154 valence electrons. The van der Waals surface area contributed by atoms with Crippen LogP contribution in [0, 0.1) is 0 Å². The summed E-state index contributed by atoms with van der Waals surface area (Å²) in [7, 11) is 1.82. The van der Waals surface area contributed by atoms with Gasteiger partial charge >= 0.3 is 0 Å². The van der Waals surface area contributed by atoms with Crippen molar-refractivity contribution in [2.24, 2.45) is 4.99 Å². The average molecular weight is 569 g/mol. The van der Waals surface area contributed by atoms with E-state index in [0.29, 0.717) is 6.04 Å². The number of rotatable bonds is 5. The topological polar surface area (TPSA) is 68.3 Å². The minimum Gasteiger partial charge on any atom is -0.368 e. The van der Waals surface area contributed by atoms with Gasteiger partial charge in [-0.25, -0.2) is 4.98 Å². The Balaban J connectivity index is 0.00000240. The summed E-state index contributed by atoms with van der Waals surface area (Å²) >= 11 is 3.65. The molecule has 6 nitrogen and oxygen atoms in total. The van der Waals surface area contributed by atoms with Crippen LogP contribution < -0.4 is 15.5 Å². The largest absolute Gasteiger partial charge is 0.368 e. The van der Waals surface area contributed by atoms with Gasteiger partial charge < -0.3 is 20.5 Å². The number of nitrogens with zero attached hydrogens (tertiary/aromatic N) is 3. The molecule has 2 aromatic carbocycles. The molecule has 0 spiro atoms. The second-order valence-corrected chi connectivity index (χ2v) is 7.83. The fourth-order valence-electron chi connectivity index (χ4n) is 3.62. The van der Waals surface area contributed by atoms with Crippen molar-refractivity contribution < 1.29 is 0 Å². The Bertz CT molecular complexity index is 939. The van der Waals surface area contributed by atoms with E-state index in [4.69, 9.17) is 0 Å². The lowest BCUT2D eigenvalue weighted by atomic mass is 10.2. The molecule has 3 aromatic rings. The fourth-order valence-corrected chi connectivity index (χ4v) is 4.15. The van der Waals surface area contributed by atoms with Gasteiger partial charge in [-0.15, -0.1) is 24.0 Å². The van der Waals surface area contributed by atoms with Gasteiger partial charge in [-0.1, -0.05) is 24.3 Å². The number of halogens is 2. The second kappa shape index (κ2) is 10.3. The minimum atomic E-state index is 0. The van der Waals surface area contributed by atoms with E-state index in [-0.39, 0.29) is 24.0 Å². The zero-order valence-electron chi connectivity index (χ0n) is 16.4. The van der Waals surface area contributed by atoms with Crippen LogP contribution in [0.3, 0.4) is 0 Å². The molecule has 3 N–H and O–H groups in total. The van der Waals surface area contributed by atoms with Gasteiger partial charge in [0, 0.05) is 43.6 Å². The predicted octanol–water partition coefficient (Wildman–Crippen LogP) is 3.93. The number of aromatic nitrogens is 2. The molecule has 1 aliphatic heterocycles. The van der Waals surface area contributed by atoms with Gasteiger partial charge in [0.2, 0.25) is 0 Å². The summed E-state index contributed by atoms with van der Waals surface area (Å²) in [5.74, 6) is 1.83. The third-order valence-corrected chi connectivity index (χ3v) is 5.71. The molecule has 8 heteroatoms. The smallest absolute Gasteiger partial charge is 0.191 e. The van der Waals surface area contributed by atoms with Gasteiger partial charge in [-0.3, -0.25) is 4.99 Å². The van der Waals surface area contributed by atoms with E-state index in [9.17, 15) is 0 Å². The van der Waals surface area contributed by atoms with Crippen LogP contribution in [-0.4, -0.2) is 48.7 Å². The molecule has 0 radical (unpaired) electrons. The van der Waals surface area contributed by atoms with Crippen molar-refractivity contribution in [3.63, 3.8) is 0 Å². The Morgan fingerprint density at radius 2 is 2.03 bits per heavy atom. The summed E-state index contributed by atoms with van der Waals surface area (Å²) in [5, 5.41) is 6.96. The van der Waals surface area contributed by atoms with E-state index in [2.05, 4.69) is 70.7 Å². The molecule has 1 atom stereocenters. The van der Waals surface area contributed by atoms with E-state index in [0.717, 1.165) is 59.8 Å². The highest BCUT2D eigenvalue weighted by atomic mass is 127. The van der Waals surface area contributed by atoms with Crippen LogP contribution in [0.25, 0.3) is 11.0 Å². The third-order valence-electron chi connectivity index (χ3n) is 5.04. The van der Waals surface area contributed by atoms with Gasteiger partial charge in [0.15, 0.2) is 5.96 Å². The van der Waals surface area contributed by atoms with Crippen LogP contribution >= 0.6 is 39.9 Å². The maximum Gasteiger partial charge on any atom is 0.191 e. The van der Waals surface area contributed by atoms with Crippen molar-refractivity contribution in [2.45, 2.75) is 18.9 Å². The third kappa shape index (κ3) is 5.42. The van der Waals surface area contributed by atoms with Crippen molar-refractivity contribution in [1.82, 2.24) is 20.6 Å². The molecule has 0 aliphatic carbocycles. The van der Waals surface area contributed by atoms with Crippen molar-refractivity contribution >= 4 is 62.6 Å². The van der Waals surface area contributed by atoms with E-state index in [1.807, 2.05) is 31.3 Å². The van der Waals surface area contributed by atoms with Crippen LogP contribution in [0.15, 0.2) is 58.0 Å². The van der Waals surface area contributed by atoms with Gasteiger partial charge in [0.1, 0.15) is 5.82 Å². The SMILES string of the molecule is CN=C(NCCc1nc2ccccc2[nH]1)NC1CCN(c2ccccc2Br)C1.I. The summed E-state index contributed by atoms with van der Waals surface area (Å²) in [6, 6.07) is 16.9. The lowest BCUT2D eigenvalue weighted by Gasteiger charge is -2.21. The maximum atomic E-state index is 4.62. The Kier molecular flexibility index (Phi) is 7.77. The molecule has 0 saturated carbocycles. The average Bonchev–Trinajstić information content (AvgIpc) is 3.34. The van der Waals surface area contributed by atoms with Crippen molar-refractivity contribution in [2.75, 3.05) is 31.6 Å². The van der Waals surface area contributed by atoms with Crippen LogP contribution in [0.4, 0.5) is 5.69 Å². The van der Waals surface area contributed by atoms with Crippen LogP contribution in [-0.2, 0) is 6.42 Å². The molecule has 1 fully saturated rings. The van der Waals surface area contributed by atoms with Gasteiger partial charge in [0.05, 0.1) is 16.7 Å². The number of fused-ring (bicyclic) bond motifs is 1. The second-order valence-electron chi connectivity index (χ2n) is 6.98. The minimum absolute atomic E-state index is 0. The molecule has 29 heavy (non-hydrogen) atoms. The fraction of sp³-hybridized carbons (Fsp3) is 0.333. The number of hydrogen-bond donors (Lipinski definition) is 3. The van der Waals surface area contributed by atoms with Crippen molar-refractivity contribution in [3.05, 3.63) is 58.8 Å². The van der Waals surface area contributed by atoms with Gasteiger partial charge in [0.25, 0.3) is 0 Å². The monoisotopic (exact) mass is 568 g/mol. The number of hydrogen-bond acceptors (Lipinski definition) is 3. The molecule has 1 aromatic heterocycles. The standard InChI is InChI=1S/C21H25BrN6.HI/c1-23-21(24-12-10-20-26-17-7-3-4-8-18(17)27-20)25-15-11-13-28(14-15)19-9-5-2-6-16(19)22;/h2-9,15H,10-14H2,1H3,(H,26,27)(H2,23,24,25);1H. The lowest BCUT2D eigenvalue weighted by molar-refractivity contribution is 0.647. The zero-order chi connectivity index (χ0) is 19.3. The number of nitrogens with one attached hydrogen (secondary N) is 3. The number of aliphatic imine (C=N–C) groups is 1. The maximum absolute atomic E-state index is 4.62. The summed E-state index contributed by atoms with van der Waals surface area (Å²) in [5.41, 5.74) is 3.34. The van der Waals surface area contributed by atoms with Crippen LogP contribution in [0.5, 0.6) is 0 Å². The molecule has 0 amide bonds. The highest BCUT2D eigenvalue weighted by molar-refractivity contribution is 14.0. The van der Waals surface area contributed by atoms with Crippen LogP contribution in [0.1, 0.15) is 12.2 Å². The Hall–Kier alpha value is -1.81. The summed E-state index contributed by atoms with van der Waals surface area (Å²) in [6.07, 6.45) is 1.91. The van der Waals surface area contributed by atoms with E-state index >= 15 is 0 Å². The van der Waals surface area contributed by atoms with E-state index in [1.165, 1.54) is 5.69 Å². The first-order valence-corrected chi connectivity index (χ1v) is 10.4. The number of imidazole rings is 1. The highest BCUT2D eigenvalue weighted by Gasteiger charge is 2.24. The van der Waals surface area contributed by atoms with E-state index < -0.39 is 0 Å². The normalized spacial score (nSPS) is 16.7. The quantitative estimate of drug-likeness (QED) is 0.248. The van der Waals surface area contributed by atoms with Gasteiger partial charge in [-0.05, 0) is 46.6 Å².